The first-order chi connectivity index (χ1) is 9.34. The monoisotopic (exact) mass is 286 g/mol. The van der Waals surface area contributed by atoms with Crippen molar-refractivity contribution in [1.82, 2.24) is 10.2 Å². The van der Waals surface area contributed by atoms with Crippen LogP contribution in [0.25, 0.3) is 0 Å². The lowest BCUT2D eigenvalue weighted by Crippen LogP contribution is -2.62. The molecule has 0 aromatic carbocycles. The summed E-state index contributed by atoms with van der Waals surface area (Å²) in [6.07, 6.45) is 0.681. The number of nitrogens with one attached hydrogen (secondary N) is 1. The number of hydrogen-bond acceptors (Lipinski definition) is 5. The molecule has 2 aliphatic heterocycles. The number of hydrogen-bond donors (Lipinski definition) is 1. The fourth-order valence-corrected chi connectivity index (χ4v) is 2.37. The summed E-state index contributed by atoms with van der Waals surface area (Å²) in [4.78, 5) is 13.5. The van der Waals surface area contributed by atoms with Crippen LogP contribution < -0.4 is 5.32 Å². The molecule has 2 saturated heterocycles. The molecule has 2 heterocycles. The highest BCUT2D eigenvalue weighted by Crippen LogP contribution is 2.22. The average Bonchev–Trinajstić information content (AvgIpc) is 2.74. The molecule has 1 unspecified atom stereocenters. The van der Waals surface area contributed by atoms with Gasteiger partial charge in [0.05, 0.1) is 6.61 Å². The molecule has 0 aliphatic carbocycles. The number of amides is 1. The molecule has 0 aromatic heterocycles. The van der Waals surface area contributed by atoms with E-state index in [2.05, 4.69) is 5.32 Å². The summed E-state index contributed by atoms with van der Waals surface area (Å²) in [5, 5.41) is 3.45. The SMILES string of the molecule is COC1(CNC2CN(C(=O)OC(C)(C)C)C2)CCOC1. The molecule has 0 spiro atoms. The van der Waals surface area contributed by atoms with Gasteiger partial charge in [0.1, 0.15) is 11.2 Å². The van der Waals surface area contributed by atoms with Crippen molar-refractivity contribution in [3.63, 3.8) is 0 Å². The van der Waals surface area contributed by atoms with E-state index in [0.717, 1.165) is 19.6 Å². The van der Waals surface area contributed by atoms with Crippen LogP contribution in [0.3, 0.4) is 0 Å². The van der Waals surface area contributed by atoms with Crippen LogP contribution in [-0.4, -0.2) is 68.2 Å². The third-order valence-electron chi connectivity index (χ3n) is 3.75. The van der Waals surface area contributed by atoms with E-state index in [0.29, 0.717) is 25.7 Å². The summed E-state index contributed by atoms with van der Waals surface area (Å²) in [5.74, 6) is 0. The van der Waals surface area contributed by atoms with E-state index < -0.39 is 5.60 Å². The summed E-state index contributed by atoms with van der Waals surface area (Å²) in [7, 11) is 1.73. The zero-order valence-corrected chi connectivity index (χ0v) is 12.9. The zero-order valence-electron chi connectivity index (χ0n) is 12.9. The number of likely N-dealkylation sites (tertiary alicyclic amines) is 1. The smallest absolute Gasteiger partial charge is 0.410 e. The van der Waals surface area contributed by atoms with Crippen molar-refractivity contribution in [3.05, 3.63) is 0 Å². The lowest BCUT2D eigenvalue weighted by Gasteiger charge is -2.41. The Hall–Kier alpha value is -0.850. The fourth-order valence-electron chi connectivity index (χ4n) is 2.37. The summed E-state index contributed by atoms with van der Waals surface area (Å²) >= 11 is 0. The first kappa shape index (κ1) is 15.5. The van der Waals surface area contributed by atoms with Gasteiger partial charge in [-0.2, -0.15) is 0 Å². The molecule has 20 heavy (non-hydrogen) atoms. The van der Waals surface area contributed by atoms with Crippen molar-refractivity contribution in [2.75, 3.05) is 40.0 Å². The van der Waals surface area contributed by atoms with Gasteiger partial charge in [0.15, 0.2) is 0 Å². The average molecular weight is 286 g/mol. The first-order valence-electron chi connectivity index (χ1n) is 7.18. The topological polar surface area (TPSA) is 60.0 Å². The first-order valence-corrected chi connectivity index (χ1v) is 7.18. The van der Waals surface area contributed by atoms with Gasteiger partial charge in [0, 0.05) is 45.8 Å². The van der Waals surface area contributed by atoms with Gasteiger partial charge in [-0.05, 0) is 20.8 Å². The Balaban J connectivity index is 1.68. The quantitative estimate of drug-likeness (QED) is 0.835. The fraction of sp³-hybridized carbons (Fsp3) is 0.929. The van der Waals surface area contributed by atoms with E-state index in [9.17, 15) is 4.79 Å². The minimum atomic E-state index is -0.434. The Bertz CT molecular complexity index is 342. The molecule has 0 radical (unpaired) electrons. The van der Waals surface area contributed by atoms with Crippen molar-refractivity contribution >= 4 is 6.09 Å². The molecule has 0 aromatic rings. The van der Waals surface area contributed by atoms with Gasteiger partial charge in [0.25, 0.3) is 0 Å². The molecule has 2 fully saturated rings. The van der Waals surface area contributed by atoms with Gasteiger partial charge >= 0.3 is 6.09 Å². The number of nitrogens with zero attached hydrogens (tertiary/aromatic N) is 1. The van der Waals surface area contributed by atoms with Crippen LogP contribution in [-0.2, 0) is 14.2 Å². The van der Waals surface area contributed by atoms with E-state index in [1.54, 1.807) is 12.0 Å². The van der Waals surface area contributed by atoms with Crippen molar-refractivity contribution in [2.45, 2.75) is 44.4 Å². The second-order valence-corrected chi connectivity index (χ2v) is 6.65. The summed E-state index contributed by atoms with van der Waals surface area (Å²) in [6.45, 7) is 9.17. The second kappa shape index (κ2) is 5.87. The van der Waals surface area contributed by atoms with Crippen LogP contribution in [0.2, 0.25) is 0 Å². The lowest BCUT2D eigenvalue weighted by atomic mass is 10.0. The zero-order chi connectivity index (χ0) is 14.8. The Morgan fingerprint density at radius 3 is 2.65 bits per heavy atom. The maximum atomic E-state index is 11.8. The van der Waals surface area contributed by atoms with Gasteiger partial charge in [-0.25, -0.2) is 4.79 Å². The number of ether oxygens (including phenoxy) is 3. The molecule has 6 heteroatoms. The number of methoxy groups -OCH3 is 1. The summed E-state index contributed by atoms with van der Waals surface area (Å²) in [6, 6.07) is 0.315. The maximum Gasteiger partial charge on any atom is 0.410 e. The molecule has 116 valence electrons. The Morgan fingerprint density at radius 1 is 1.45 bits per heavy atom. The highest BCUT2D eigenvalue weighted by atomic mass is 16.6. The second-order valence-electron chi connectivity index (χ2n) is 6.65. The van der Waals surface area contributed by atoms with E-state index in [-0.39, 0.29) is 11.7 Å². The molecule has 2 rings (SSSR count). The number of carbonyl (C=O) groups is 1. The number of carbonyl (C=O) groups excluding carboxylic acids is 1. The Labute approximate surface area is 120 Å². The third kappa shape index (κ3) is 3.84. The van der Waals surface area contributed by atoms with Crippen LogP contribution >= 0.6 is 0 Å². The summed E-state index contributed by atoms with van der Waals surface area (Å²) < 4.78 is 16.3. The maximum absolute atomic E-state index is 11.8. The molecule has 2 aliphatic rings. The lowest BCUT2D eigenvalue weighted by molar-refractivity contribution is -0.0257. The molecular weight excluding hydrogens is 260 g/mol. The van der Waals surface area contributed by atoms with E-state index >= 15 is 0 Å². The predicted molar refractivity (Wildman–Crippen MR) is 74.8 cm³/mol. The van der Waals surface area contributed by atoms with Gasteiger partial charge in [0.2, 0.25) is 0 Å². The Morgan fingerprint density at radius 2 is 2.15 bits per heavy atom. The standard InChI is InChI=1S/C14H26N2O4/c1-13(2,3)20-12(17)16-7-11(8-16)15-9-14(18-4)5-6-19-10-14/h11,15H,5-10H2,1-4H3. The van der Waals surface area contributed by atoms with Crippen LogP contribution in [0.15, 0.2) is 0 Å². The molecule has 1 atom stereocenters. The minimum absolute atomic E-state index is 0.202. The molecule has 6 nitrogen and oxygen atoms in total. The van der Waals surface area contributed by atoms with Gasteiger partial charge < -0.3 is 24.4 Å². The van der Waals surface area contributed by atoms with Gasteiger partial charge in [-0.1, -0.05) is 0 Å². The largest absolute Gasteiger partial charge is 0.444 e. The van der Waals surface area contributed by atoms with Gasteiger partial charge in [-0.15, -0.1) is 0 Å². The summed E-state index contributed by atoms with van der Waals surface area (Å²) in [5.41, 5.74) is -0.636. The Kier molecular flexibility index (Phi) is 4.56. The number of rotatable bonds is 4. The normalized spacial score (nSPS) is 27.5. The predicted octanol–water partition coefficient (Wildman–Crippen LogP) is 1.00. The van der Waals surface area contributed by atoms with Crippen LogP contribution in [0, 0.1) is 0 Å². The molecule has 0 bridgehead atoms. The van der Waals surface area contributed by atoms with E-state index in [4.69, 9.17) is 14.2 Å². The van der Waals surface area contributed by atoms with Crippen molar-refractivity contribution < 1.29 is 19.0 Å². The molecule has 0 saturated carbocycles. The van der Waals surface area contributed by atoms with Crippen molar-refractivity contribution in [1.29, 1.82) is 0 Å². The highest BCUT2D eigenvalue weighted by Gasteiger charge is 2.38. The van der Waals surface area contributed by atoms with Gasteiger partial charge in [-0.3, -0.25) is 0 Å². The molecule has 1 N–H and O–H groups in total. The molecular formula is C14H26N2O4. The highest BCUT2D eigenvalue weighted by molar-refractivity contribution is 5.69. The van der Waals surface area contributed by atoms with Crippen LogP contribution in [0.5, 0.6) is 0 Å². The van der Waals surface area contributed by atoms with Crippen LogP contribution in [0.4, 0.5) is 4.79 Å². The van der Waals surface area contributed by atoms with E-state index in [1.165, 1.54) is 0 Å². The third-order valence-corrected chi connectivity index (χ3v) is 3.75. The van der Waals surface area contributed by atoms with E-state index in [1.807, 2.05) is 20.8 Å². The van der Waals surface area contributed by atoms with Crippen molar-refractivity contribution in [2.24, 2.45) is 0 Å². The van der Waals surface area contributed by atoms with Crippen LogP contribution in [0.1, 0.15) is 27.2 Å². The minimum Gasteiger partial charge on any atom is -0.444 e. The molecule has 1 amide bonds. The van der Waals surface area contributed by atoms with Crippen molar-refractivity contribution in [3.8, 4) is 0 Å².